The highest BCUT2D eigenvalue weighted by Crippen LogP contribution is 2.16. The van der Waals surface area contributed by atoms with E-state index in [9.17, 15) is 13.2 Å². The zero-order valence-electron chi connectivity index (χ0n) is 12.6. The zero-order chi connectivity index (χ0) is 16.0. The van der Waals surface area contributed by atoms with Crippen LogP contribution in [0.5, 0.6) is 0 Å². The van der Waals surface area contributed by atoms with Crippen LogP contribution in [0.2, 0.25) is 0 Å². The monoisotopic (exact) mass is 314 g/mol. The van der Waals surface area contributed by atoms with Gasteiger partial charge in [0.1, 0.15) is 0 Å². The molecule has 0 aromatic heterocycles. The van der Waals surface area contributed by atoms with Crippen molar-refractivity contribution in [3.8, 4) is 0 Å². The van der Waals surface area contributed by atoms with Crippen LogP contribution in [0.15, 0.2) is 29.2 Å². The number of rotatable bonds is 7. The minimum absolute atomic E-state index is 0.0942. The Morgan fingerprint density at radius 2 is 1.95 bits per heavy atom. The van der Waals surface area contributed by atoms with E-state index in [4.69, 9.17) is 9.88 Å². The highest BCUT2D eigenvalue weighted by Gasteiger charge is 2.23. The van der Waals surface area contributed by atoms with E-state index in [0.29, 0.717) is 19.7 Å². The van der Waals surface area contributed by atoms with Crippen LogP contribution >= 0.6 is 0 Å². The molecule has 0 radical (unpaired) electrons. The Balaban J connectivity index is 3.14. The molecule has 0 atom stereocenters. The lowest BCUT2D eigenvalue weighted by atomic mass is 10.1. The fourth-order valence-corrected chi connectivity index (χ4v) is 2.71. The van der Waals surface area contributed by atoms with Crippen molar-refractivity contribution in [2.45, 2.75) is 18.7 Å². The van der Waals surface area contributed by atoms with Crippen molar-refractivity contribution >= 4 is 15.9 Å². The van der Waals surface area contributed by atoms with Gasteiger partial charge in [-0.25, -0.2) is 13.6 Å². The van der Waals surface area contributed by atoms with E-state index in [1.807, 2.05) is 13.8 Å². The summed E-state index contributed by atoms with van der Waals surface area (Å²) < 4.78 is 28.2. The summed E-state index contributed by atoms with van der Waals surface area (Å²) in [5, 5.41) is 5.17. The molecule has 6 nitrogen and oxygen atoms in total. The van der Waals surface area contributed by atoms with Crippen LogP contribution in [0.3, 0.4) is 0 Å². The van der Waals surface area contributed by atoms with Gasteiger partial charge < -0.3 is 9.64 Å². The van der Waals surface area contributed by atoms with Crippen LogP contribution < -0.4 is 5.14 Å². The lowest BCUT2D eigenvalue weighted by Crippen LogP contribution is -2.37. The molecule has 21 heavy (non-hydrogen) atoms. The van der Waals surface area contributed by atoms with Gasteiger partial charge in [-0.1, -0.05) is 26.0 Å². The maximum atomic E-state index is 12.6. The number of benzene rings is 1. The van der Waals surface area contributed by atoms with E-state index < -0.39 is 10.0 Å². The van der Waals surface area contributed by atoms with Gasteiger partial charge in [-0.15, -0.1) is 0 Å². The molecule has 0 unspecified atom stereocenters. The van der Waals surface area contributed by atoms with Crippen LogP contribution in [-0.2, 0) is 14.8 Å². The third-order valence-electron chi connectivity index (χ3n) is 2.86. The van der Waals surface area contributed by atoms with E-state index in [2.05, 4.69) is 0 Å². The second-order valence-electron chi connectivity index (χ2n) is 5.18. The predicted octanol–water partition coefficient (Wildman–Crippen LogP) is 1.08. The average Bonchev–Trinajstić information content (AvgIpc) is 2.41. The predicted molar refractivity (Wildman–Crippen MR) is 80.4 cm³/mol. The SMILES string of the molecule is COCCN(CC(C)C)C(=O)c1ccccc1S(N)(=O)=O. The summed E-state index contributed by atoms with van der Waals surface area (Å²) in [4.78, 5) is 14.0. The summed E-state index contributed by atoms with van der Waals surface area (Å²) in [6.07, 6.45) is 0. The molecule has 0 saturated heterocycles. The Morgan fingerprint density at radius 3 is 2.48 bits per heavy atom. The van der Waals surface area contributed by atoms with Gasteiger partial charge in [0.15, 0.2) is 0 Å². The molecule has 2 N–H and O–H groups in total. The van der Waals surface area contributed by atoms with Gasteiger partial charge >= 0.3 is 0 Å². The quantitative estimate of drug-likeness (QED) is 0.815. The molecule has 0 heterocycles. The molecule has 0 aliphatic rings. The highest BCUT2D eigenvalue weighted by atomic mass is 32.2. The number of ether oxygens (including phenoxy) is 1. The third kappa shape index (κ3) is 5.11. The standard InChI is InChI=1S/C14H22N2O4S/c1-11(2)10-16(8-9-20-3)14(17)12-6-4-5-7-13(12)21(15,18)19/h4-7,11H,8-10H2,1-3H3,(H2,15,18,19). The number of amides is 1. The van der Waals surface area contributed by atoms with Gasteiger partial charge in [0.25, 0.3) is 5.91 Å². The minimum Gasteiger partial charge on any atom is -0.383 e. The van der Waals surface area contributed by atoms with Crippen LogP contribution in [0.4, 0.5) is 0 Å². The Kier molecular flexibility index (Phi) is 6.32. The summed E-state index contributed by atoms with van der Waals surface area (Å²) in [5.41, 5.74) is 0.0942. The number of nitrogens with zero attached hydrogens (tertiary/aromatic N) is 1. The Morgan fingerprint density at radius 1 is 1.33 bits per heavy atom. The largest absolute Gasteiger partial charge is 0.383 e. The van der Waals surface area contributed by atoms with E-state index >= 15 is 0 Å². The second-order valence-corrected chi connectivity index (χ2v) is 6.71. The smallest absolute Gasteiger partial charge is 0.255 e. The van der Waals surface area contributed by atoms with E-state index in [1.165, 1.54) is 12.1 Å². The Hall–Kier alpha value is -1.44. The van der Waals surface area contributed by atoms with Crippen molar-refractivity contribution in [1.82, 2.24) is 4.90 Å². The van der Waals surface area contributed by atoms with Crippen molar-refractivity contribution in [3.05, 3.63) is 29.8 Å². The molecule has 0 spiro atoms. The topological polar surface area (TPSA) is 89.7 Å². The molecule has 1 aromatic carbocycles. The van der Waals surface area contributed by atoms with E-state index in [-0.39, 0.29) is 22.3 Å². The molecule has 1 rings (SSSR count). The first-order valence-corrected chi connectivity index (χ1v) is 8.22. The average molecular weight is 314 g/mol. The van der Waals surface area contributed by atoms with Gasteiger partial charge in [0, 0.05) is 20.2 Å². The van der Waals surface area contributed by atoms with Gasteiger partial charge in [-0.05, 0) is 18.1 Å². The van der Waals surface area contributed by atoms with Crippen molar-refractivity contribution in [2.24, 2.45) is 11.1 Å². The summed E-state index contributed by atoms with van der Waals surface area (Å²) in [5.74, 6) is -0.0992. The van der Waals surface area contributed by atoms with Crippen LogP contribution in [0, 0.1) is 5.92 Å². The molecule has 0 aliphatic heterocycles. The number of hydrogen-bond donors (Lipinski definition) is 1. The fraction of sp³-hybridized carbons (Fsp3) is 0.500. The highest BCUT2D eigenvalue weighted by molar-refractivity contribution is 7.89. The van der Waals surface area contributed by atoms with Gasteiger partial charge in [0.2, 0.25) is 10.0 Å². The molecule has 118 valence electrons. The molecule has 1 amide bonds. The molecule has 1 aromatic rings. The van der Waals surface area contributed by atoms with Crippen molar-refractivity contribution in [3.63, 3.8) is 0 Å². The maximum Gasteiger partial charge on any atom is 0.255 e. The van der Waals surface area contributed by atoms with Gasteiger partial charge in [0.05, 0.1) is 17.1 Å². The fourth-order valence-electron chi connectivity index (χ4n) is 1.98. The number of sulfonamides is 1. The Bertz CT molecular complexity index is 584. The van der Waals surface area contributed by atoms with Crippen LogP contribution in [-0.4, -0.2) is 46.0 Å². The van der Waals surface area contributed by atoms with Gasteiger partial charge in [-0.3, -0.25) is 4.79 Å². The summed E-state index contributed by atoms with van der Waals surface area (Å²) in [6.45, 7) is 5.26. The first-order chi connectivity index (χ1) is 9.77. The van der Waals surface area contributed by atoms with Crippen molar-refractivity contribution < 1.29 is 17.9 Å². The maximum absolute atomic E-state index is 12.6. The second kappa shape index (κ2) is 7.53. The zero-order valence-corrected chi connectivity index (χ0v) is 13.4. The molecular formula is C14H22N2O4S. The minimum atomic E-state index is -3.94. The molecule has 0 bridgehead atoms. The van der Waals surface area contributed by atoms with Crippen molar-refractivity contribution in [2.75, 3.05) is 26.8 Å². The third-order valence-corrected chi connectivity index (χ3v) is 3.83. The molecule has 0 aliphatic carbocycles. The number of primary sulfonamides is 1. The lowest BCUT2D eigenvalue weighted by Gasteiger charge is -2.25. The number of carbonyl (C=O) groups excluding carboxylic acids is 1. The first-order valence-electron chi connectivity index (χ1n) is 6.67. The normalized spacial score (nSPS) is 11.7. The molecule has 0 saturated carbocycles. The molecular weight excluding hydrogens is 292 g/mol. The van der Waals surface area contributed by atoms with Crippen LogP contribution in [0.25, 0.3) is 0 Å². The molecule has 7 heteroatoms. The number of methoxy groups -OCH3 is 1. The first kappa shape index (κ1) is 17.6. The van der Waals surface area contributed by atoms with Crippen LogP contribution in [0.1, 0.15) is 24.2 Å². The number of hydrogen-bond acceptors (Lipinski definition) is 4. The van der Waals surface area contributed by atoms with Crippen molar-refractivity contribution in [1.29, 1.82) is 0 Å². The van der Waals surface area contributed by atoms with Gasteiger partial charge in [-0.2, -0.15) is 0 Å². The number of nitrogens with two attached hydrogens (primary N) is 1. The molecule has 0 fully saturated rings. The summed E-state index contributed by atoms with van der Waals surface area (Å²) in [6, 6.07) is 5.97. The summed E-state index contributed by atoms with van der Waals surface area (Å²) in [7, 11) is -2.39. The Labute approximate surface area is 125 Å². The summed E-state index contributed by atoms with van der Waals surface area (Å²) >= 11 is 0. The number of carbonyl (C=O) groups is 1. The van der Waals surface area contributed by atoms with E-state index in [0.717, 1.165) is 0 Å². The lowest BCUT2D eigenvalue weighted by molar-refractivity contribution is 0.0668. The van der Waals surface area contributed by atoms with E-state index in [1.54, 1.807) is 24.1 Å².